The first-order valence-corrected chi connectivity index (χ1v) is 11.3. The molecule has 3 amide bonds. The van der Waals surface area contributed by atoms with Gasteiger partial charge in [-0.05, 0) is 49.1 Å². The minimum absolute atomic E-state index is 0.0143. The van der Waals surface area contributed by atoms with Crippen LogP contribution in [-0.4, -0.2) is 48.0 Å². The van der Waals surface area contributed by atoms with E-state index in [-0.39, 0.29) is 30.0 Å². The van der Waals surface area contributed by atoms with Crippen molar-refractivity contribution in [2.45, 2.75) is 31.1 Å². The van der Waals surface area contributed by atoms with Crippen molar-refractivity contribution in [2.75, 3.05) is 35.6 Å². The molecule has 0 bridgehead atoms. The van der Waals surface area contributed by atoms with Gasteiger partial charge in [0.25, 0.3) is 5.91 Å². The maximum Gasteiger partial charge on any atom is 0.253 e. The Bertz CT molecular complexity index is 985. The van der Waals surface area contributed by atoms with Crippen molar-refractivity contribution in [3.05, 3.63) is 53.6 Å². The predicted octanol–water partition coefficient (Wildman–Crippen LogP) is 3.56. The van der Waals surface area contributed by atoms with Crippen LogP contribution < -0.4 is 10.2 Å². The number of anilines is 2. The third-order valence-electron chi connectivity index (χ3n) is 5.52. The molecule has 0 radical (unpaired) electrons. The first-order valence-electron chi connectivity index (χ1n) is 10.3. The van der Waals surface area contributed by atoms with Crippen molar-refractivity contribution in [3.8, 4) is 0 Å². The molecule has 0 aromatic heterocycles. The van der Waals surface area contributed by atoms with Crippen LogP contribution in [0.1, 0.15) is 35.7 Å². The molecule has 1 saturated heterocycles. The normalized spacial score (nSPS) is 15.8. The van der Waals surface area contributed by atoms with Crippen LogP contribution in [0.5, 0.6) is 0 Å². The third-order valence-corrected chi connectivity index (χ3v) is 6.56. The summed E-state index contributed by atoms with van der Waals surface area (Å²) in [6.45, 7) is 3.50. The molecule has 2 aromatic carbocycles. The van der Waals surface area contributed by atoms with Crippen molar-refractivity contribution in [2.24, 2.45) is 0 Å². The van der Waals surface area contributed by atoms with E-state index in [1.807, 2.05) is 48.2 Å². The Morgan fingerprint density at radius 3 is 2.63 bits per heavy atom. The highest BCUT2D eigenvalue weighted by Crippen LogP contribution is 2.36. The summed E-state index contributed by atoms with van der Waals surface area (Å²) < 4.78 is 0. The highest BCUT2D eigenvalue weighted by molar-refractivity contribution is 8.00. The number of hydrogen-bond acceptors (Lipinski definition) is 4. The summed E-state index contributed by atoms with van der Waals surface area (Å²) in [4.78, 5) is 42.4. The monoisotopic (exact) mass is 423 g/mol. The summed E-state index contributed by atoms with van der Waals surface area (Å²) in [6.07, 6.45) is 2.85. The molecule has 2 aromatic rings. The van der Waals surface area contributed by atoms with Gasteiger partial charge < -0.3 is 15.1 Å². The van der Waals surface area contributed by atoms with E-state index < -0.39 is 0 Å². The number of rotatable bonds is 5. The van der Waals surface area contributed by atoms with E-state index in [0.29, 0.717) is 11.3 Å². The number of nitrogens with zero attached hydrogens (tertiary/aromatic N) is 2. The first-order chi connectivity index (χ1) is 14.6. The number of carbonyl (C=O) groups is 3. The molecule has 2 heterocycles. The topological polar surface area (TPSA) is 69.7 Å². The van der Waals surface area contributed by atoms with Gasteiger partial charge in [-0.25, -0.2) is 0 Å². The molecular formula is C23H25N3O3S. The highest BCUT2D eigenvalue weighted by atomic mass is 32.2. The fraction of sp³-hybridized carbons (Fsp3) is 0.348. The quantitative estimate of drug-likeness (QED) is 0.798. The maximum absolute atomic E-state index is 12.8. The number of likely N-dealkylation sites (tertiary alicyclic amines) is 1. The van der Waals surface area contributed by atoms with Gasteiger partial charge >= 0.3 is 0 Å². The zero-order valence-electron chi connectivity index (χ0n) is 17.0. The van der Waals surface area contributed by atoms with E-state index >= 15 is 0 Å². The van der Waals surface area contributed by atoms with Crippen LogP contribution in [0.15, 0.2) is 47.4 Å². The number of benzene rings is 2. The lowest BCUT2D eigenvalue weighted by Gasteiger charge is -2.29. The Morgan fingerprint density at radius 2 is 1.87 bits per heavy atom. The molecule has 0 spiro atoms. The van der Waals surface area contributed by atoms with E-state index in [9.17, 15) is 14.4 Å². The summed E-state index contributed by atoms with van der Waals surface area (Å²) in [6, 6.07) is 13.1. The van der Waals surface area contributed by atoms with Crippen molar-refractivity contribution in [3.63, 3.8) is 0 Å². The van der Waals surface area contributed by atoms with E-state index in [0.717, 1.165) is 48.5 Å². The molecule has 30 heavy (non-hydrogen) atoms. The van der Waals surface area contributed by atoms with Crippen LogP contribution in [0.2, 0.25) is 0 Å². The largest absolute Gasteiger partial charge is 0.339 e. The number of aryl methyl sites for hydroxylation is 1. The summed E-state index contributed by atoms with van der Waals surface area (Å²) in [5.74, 6) is -0.110. The van der Waals surface area contributed by atoms with Gasteiger partial charge in [-0.15, -0.1) is 11.8 Å². The van der Waals surface area contributed by atoms with Crippen LogP contribution >= 0.6 is 11.8 Å². The first kappa shape index (κ1) is 20.5. The second-order valence-corrected chi connectivity index (χ2v) is 8.53. The summed E-state index contributed by atoms with van der Waals surface area (Å²) in [5.41, 5.74) is 3.01. The number of para-hydroxylation sites is 1. The van der Waals surface area contributed by atoms with Gasteiger partial charge in [-0.2, -0.15) is 0 Å². The second-order valence-electron chi connectivity index (χ2n) is 7.51. The van der Waals surface area contributed by atoms with Gasteiger partial charge in [-0.3, -0.25) is 14.4 Å². The Morgan fingerprint density at radius 1 is 1.10 bits per heavy atom. The van der Waals surface area contributed by atoms with Gasteiger partial charge in [-0.1, -0.05) is 25.1 Å². The number of thioether (sulfide) groups is 1. The molecule has 0 saturated carbocycles. The molecule has 0 atom stereocenters. The molecule has 0 aliphatic carbocycles. The van der Waals surface area contributed by atoms with Crippen molar-refractivity contribution < 1.29 is 14.4 Å². The lowest BCUT2D eigenvalue weighted by atomic mass is 10.1. The van der Waals surface area contributed by atoms with Gasteiger partial charge in [0.1, 0.15) is 6.54 Å². The summed E-state index contributed by atoms with van der Waals surface area (Å²) in [7, 11) is 0. The fourth-order valence-corrected chi connectivity index (χ4v) is 4.81. The molecule has 4 rings (SSSR count). The van der Waals surface area contributed by atoms with Gasteiger partial charge in [0.05, 0.1) is 11.4 Å². The van der Waals surface area contributed by atoms with Crippen LogP contribution in [0.4, 0.5) is 11.4 Å². The molecule has 1 N–H and O–H groups in total. The third kappa shape index (κ3) is 4.21. The number of nitrogens with one attached hydrogen (secondary N) is 1. The van der Waals surface area contributed by atoms with E-state index in [4.69, 9.17) is 0 Å². The SMILES string of the molecule is CCc1ccccc1NC(=O)CN1C(=O)CSc2ccc(C(=O)N3CCCC3)cc21. The van der Waals surface area contributed by atoms with E-state index in [2.05, 4.69) is 5.32 Å². The average Bonchev–Trinajstić information content (AvgIpc) is 3.30. The Kier molecular flexibility index (Phi) is 6.08. The Labute approximate surface area is 180 Å². The average molecular weight is 424 g/mol. The Balaban J connectivity index is 1.55. The number of amides is 3. The molecule has 2 aliphatic heterocycles. The van der Waals surface area contributed by atoms with Gasteiger partial charge in [0.15, 0.2) is 0 Å². The zero-order chi connectivity index (χ0) is 21.1. The molecular weight excluding hydrogens is 398 g/mol. The molecule has 0 unspecified atom stereocenters. The Hall–Kier alpha value is -2.80. The molecule has 7 heteroatoms. The number of fused-ring (bicyclic) bond motifs is 1. The lowest BCUT2D eigenvalue weighted by Crippen LogP contribution is -2.41. The molecule has 6 nitrogen and oxygen atoms in total. The minimum Gasteiger partial charge on any atom is -0.339 e. The minimum atomic E-state index is -0.252. The van der Waals surface area contributed by atoms with Crippen LogP contribution in [0.25, 0.3) is 0 Å². The van der Waals surface area contributed by atoms with Gasteiger partial charge in [0.2, 0.25) is 11.8 Å². The predicted molar refractivity (Wildman–Crippen MR) is 119 cm³/mol. The van der Waals surface area contributed by atoms with Crippen LogP contribution in [0, 0.1) is 0 Å². The number of hydrogen-bond donors (Lipinski definition) is 1. The highest BCUT2D eigenvalue weighted by Gasteiger charge is 2.29. The van der Waals surface area contributed by atoms with E-state index in [1.54, 1.807) is 6.07 Å². The summed E-state index contributed by atoms with van der Waals surface area (Å²) >= 11 is 1.44. The molecule has 156 valence electrons. The maximum atomic E-state index is 12.8. The number of carbonyl (C=O) groups excluding carboxylic acids is 3. The van der Waals surface area contributed by atoms with Crippen LogP contribution in [0.3, 0.4) is 0 Å². The standard InChI is InChI=1S/C23H25N3O3S/c1-2-16-7-3-4-8-18(16)24-21(27)14-26-19-13-17(23(29)25-11-5-6-12-25)9-10-20(19)30-15-22(26)28/h3-4,7-10,13H,2,5-6,11-12,14-15H2,1H3,(H,24,27). The van der Waals surface area contributed by atoms with Crippen LogP contribution in [-0.2, 0) is 16.0 Å². The second kappa shape index (κ2) is 8.92. The van der Waals surface area contributed by atoms with Crippen molar-refractivity contribution in [1.29, 1.82) is 0 Å². The smallest absolute Gasteiger partial charge is 0.253 e. The zero-order valence-corrected chi connectivity index (χ0v) is 17.8. The summed E-state index contributed by atoms with van der Waals surface area (Å²) in [5, 5.41) is 2.93. The van der Waals surface area contributed by atoms with Gasteiger partial charge in [0, 0.05) is 29.2 Å². The van der Waals surface area contributed by atoms with Crippen molar-refractivity contribution in [1.82, 2.24) is 4.90 Å². The van der Waals surface area contributed by atoms with Crippen molar-refractivity contribution >= 4 is 40.9 Å². The molecule has 1 fully saturated rings. The van der Waals surface area contributed by atoms with E-state index in [1.165, 1.54) is 16.7 Å². The fourth-order valence-electron chi connectivity index (χ4n) is 3.90. The lowest BCUT2D eigenvalue weighted by molar-refractivity contribution is -0.120. The molecule has 2 aliphatic rings.